The first-order chi connectivity index (χ1) is 7.39. The van der Waals surface area contributed by atoms with Crippen molar-refractivity contribution in [3.8, 4) is 5.75 Å². The highest BCUT2D eigenvalue weighted by molar-refractivity contribution is 14.1. The van der Waals surface area contributed by atoms with E-state index in [0.29, 0.717) is 0 Å². The zero-order valence-corrected chi connectivity index (χ0v) is 11.7. The van der Waals surface area contributed by atoms with Crippen LogP contribution in [-0.2, 0) is 0 Å². The lowest BCUT2D eigenvalue weighted by atomic mass is 10.00. The average molecular weight is 328 g/mol. The van der Waals surface area contributed by atoms with Gasteiger partial charge in [0.05, 0.1) is 3.57 Å². The summed E-state index contributed by atoms with van der Waals surface area (Å²) in [5.41, 5.74) is 1.44. The summed E-state index contributed by atoms with van der Waals surface area (Å²) in [4.78, 5) is 11.3. The van der Waals surface area contributed by atoms with Gasteiger partial charge in [-0.05, 0) is 61.6 Å². The zero-order valence-electron chi connectivity index (χ0n) is 9.50. The Labute approximate surface area is 109 Å². The number of ketones is 1. The largest absolute Gasteiger partial charge is 0.482 e. The highest BCUT2D eigenvalue weighted by Crippen LogP contribution is 2.35. The van der Waals surface area contributed by atoms with Crippen LogP contribution in [0.15, 0.2) is 18.2 Å². The maximum Gasteiger partial charge on any atom is 0.159 e. The number of Topliss-reactive ketones (excluding diaryl/α,β-unsaturated/α-hetero) is 1. The van der Waals surface area contributed by atoms with Crippen LogP contribution in [0.25, 0.3) is 6.08 Å². The van der Waals surface area contributed by atoms with Crippen LogP contribution in [0.4, 0.5) is 0 Å². The summed E-state index contributed by atoms with van der Waals surface area (Å²) in [5.74, 6) is 0.956. The summed E-state index contributed by atoms with van der Waals surface area (Å²) in [5, 5.41) is 0. The molecule has 1 aromatic carbocycles. The third kappa shape index (κ3) is 2.14. The SMILES string of the molecule is CC(=O)c1cc(I)c2c(c1)C=CC(C)(C)O2. The molecule has 1 aromatic rings. The average Bonchev–Trinajstić information content (AvgIpc) is 2.18. The van der Waals surface area contributed by atoms with Crippen molar-refractivity contribution in [1.82, 2.24) is 0 Å². The monoisotopic (exact) mass is 328 g/mol. The van der Waals surface area contributed by atoms with E-state index >= 15 is 0 Å². The fourth-order valence-electron chi connectivity index (χ4n) is 1.64. The topological polar surface area (TPSA) is 26.3 Å². The maximum atomic E-state index is 11.3. The van der Waals surface area contributed by atoms with Crippen LogP contribution in [0.1, 0.15) is 36.7 Å². The molecular weight excluding hydrogens is 315 g/mol. The van der Waals surface area contributed by atoms with Gasteiger partial charge in [-0.15, -0.1) is 0 Å². The lowest BCUT2D eigenvalue weighted by Crippen LogP contribution is -2.28. The predicted octanol–water partition coefficient (Wildman–Crippen LogP) is 3.68. The Morgan fingerprint density at radius 1 is 1.38 bits per heavy atom. The Kier molecular flexibility index (Phi) is 2.82. The molecule has 1 aliphatic rings. The molecule has 0 unspecified atom stereocenters. The second-order valence-electron chi connectivity index (χ2n) is 4.47. The van der Waals surface area contributed by atoms with E-state index in [-0.39, 0.29) is 11.4 Å². The van der Waals surface area contributed by atoms with E-state index in [0.717, 1.165) is 20.4 Å². The number of benzene rings is 1. The Hall–Kier alpha value is -0.840. The molecule has 0 aromatic heterocycles. The summed E-state index contributed by atoms with van der Waals surface area (Å²) < 4.78 is 6.86. The Bertz CT molecular complexity index is 487. The molecule has 0 amide bonds. The van der Waals surface area contributed by atoms with Crippen molar-refractivity contribution in [2.45, 2.75) is 26.4 Å². The van der Waals surface area contributed by atoms with Gasteiger partial charge < -0.3 is 4.74 Å². The van der Waals surface area contributed by atoms with Crippen molar-refractivity contribution < 1.29 is 9.53 Å². The molecule has 0 saturated heterocycles. The number of rotatable bonds is 1. The van der Waals surface area contributed by atoms with Crippen LogP contribution in [0.2, 0.25) is 0 Å². The smallest absolute Gasteiger partial charge is 0.159 e. The van der Waals surface area contributed by atoms with Gasteiger partial charge >= 0.3 is 0 Å². The summed E-state index contributed by atoms with van der Waals surface area (Å²) in [6.45, 7) is 5.61. The van der Waals surface area contributed by atoms with Crippen LogP contribution in [-0.4, -0.2) is 11.4 Å². The molecule has 0 saturated carbocycles. The maximum absolute atomic E-state index is 11.3. The molecule has 0 spiro atoms. The van der Waals surface area contributed by atoms with Gasteiger partial charge in [0.15, 0.2) is 5.78 Å². The molecule has 2 rings (SSSR count). The van der Waals surface area contributed by atoms with Gasteiger partial charge in [-0.3, -0.25) is 4.79 Å². The van der Waals surface area contributed by atoms with Gasteiger partial charge in [-0.25, -0.2) is 0 Å². The molecule has 0 N–H and O–H groups in total. The standard InChI is InChI=1S/C13H13IO2/c1-8(15)10-6-9-4-5-13(2,3)16-12(9)11(14)7-10/h4-7H,1-3H3. The molecule has 1 heterocycles. The minimum atomic E-state index is -0.273. The molecule has 84 valence electrons. The molecule has 16 heavy (non-hydrogen) atoms. The van der Waals surface area contributed by atoms with Crippen LogP contribution in [0.3, 0.4) is 0 Å². The highest BCUT2D eigenvalue weighted by Gasteiger charge is 2.24. The van der Waals surface area contributed by atoms with E-state index in [4.69, 9.17) is 4.74 Å². The minimum absolute atomic E-state index is 0.0824. The number of halogens is 1. The van der Waals surface area contributed by atoms with Crippen molar-refractivity contribution in [2.24, 2.45) is 0 Å². The van der Waals surface area contributed by atoms with Crippen molar-refractivity contribution >= 4 is 34.5 Å². The molecule has 0 fully saturated rings. The zero-order chi connectivity index (χ0) is 11.9. The molecule has 1 aliphatic heterocycles. The molecule has 2 nitrogen and oxygen atoms in total. The lowest BCUT2D eigenvalue weighted by Gasteiger charge is -2.28. The van der Waals surface area contributed by atoms with Crippen molar-refractivity contribution in [1.29, 1.82) is 0 Å². The van der Waals surface area contributed by atoms with Crippen LogP contribution in [0.5, 0.6) is 5.75 Å². The second kappa shape index (κ2) is 3.87. The number of fused-ring (bicyclic) bond motifs is 1. The molecule has 0 bridgehead atoms. The highest BCUT2D eigenvalue weighted by atomic mass is 127. The first-order valence-corrected chi connectivity index (χ1v) is 6.20. The van der Waals surface area contributed by atoms with Gasteiger partial charge in [0.25, 0.3) is 0 Å². The van der Waals surface area contributed by atoms with Gasteiger partial charge in [-0.2, -0.15) is 0 Å². The summed E-state index contributed by atoms with van der Waals surface area (Å²) in [6, 6.07) is 3.75. The number of ether oxygens (including phenoxy) is 1. The van der Waals surface area contributed by atoms with E-state index in [1.807, 2.05) is 38.1 Å². The Morgan fingerprint density at radius 2 is 2.06 bits per heavy atom. The summed E-state index contributed by atoms with van der Waals surface area (Å²) in [6.07, 6.45) is 4.03. The first kappa shape index (κ1) is 11.6. The molecular formula is C13H13IO2. The van der Waals surface area contributed by atoms with E-state index in [9.17, 15) is 4.79 Å². The quantitative estimate of drug-likeness (QED) is 0.581. The van der Waals surface area contributed by atoms with Gasteiger partial charge in [-0.1, -0.05) is 6.08 Å². The van der Waals surface area contributed by atoms with E-state index in [1.165, 1.54) is 0 Å². The van der Waals surface area contributed by atoms with E-state index in [1.54, 1.807) is 6.92 Å². The number of carbonyl (C=O) groups is 1. The predicted molar refractivity (Wildman–Crippen MR) is 72.9 cm³/mol. The third-order valence-electron chi connectivity index (χ3n) is 2.51. The fraction of sp³-hybridized carbons (Fsp3) is 0.308. The van der Waals surface area contributed by atoms with Crippen LogP contribution in [0, 0.1) is 3.57 Å². The molecule has 0 aliphatic carbocycles. The first-order valence-electron chi connectivity index (χ1n) is 5.12. The fourth-order valence-corrected chi connectivity index (χ4v) is 2.39. The molecule has 0 radical (unpaired) electrons. The van der Waals surface area contributed by atoms with Crippen molar-refractivity contribution in [3.63, 3.8) is 0 Å². The number of hydrogen-bond acceptors (Lipinski definition) is 2. The van der Waals surface area contributed by atoms with Gasteiger partial charge in [0, 0.05) is 11.1 Å². The van der Waals surface area contributed by atoms with Crippen LogP contribution < -0.4 is 4.74 Å². The van der Waals surface area contributed by atoms with Crippen LogP contribution >= 0.6 is 22.6 Å². The lowest BCUT2D eigenvalue weighted by molar-refractivity contribution is 0.101. The number of carbonyl (C=O) groups excluding carboxylic acids is 1. The van der Waals surface area contributed by atoms with Gasteiger partial charge in [0.1, 0.15) is 11.4 Å². The van der Waals surface area contributed by atoms with Gasteiger partial charge in [0.2, 0.25) is 0 Å². The molecule has 0 atom stereocenters. The normalized spacial score (nSPS) is 16.5. The van der Waals surface area contributed by atoms with E-state index in [2.05, 4.69) is 22.6 Å². The number of hydrogen-bond donors (Lipinski definition) is 0. The Morgan fingerprint density at radius 3 is 2.69 bits per heavy atom. The molecule has 3 heteroatoms. The second-order valence-corrected chi connectivity index (χ2v) is 5.63. The summed E-state index contributed by atoms with van der Waals surface area (Å²) in [7, 11) is 0. The Balaban J connectivity index is 2.56. The summed E-state index contributed by atoms with van der Waals surface area (Å²) >= 11 is 2.21. The third-order valence-corrected chi connectivity index (χ3v) is 3.31. The van der Waals surface area contributed by atoms with Crippen molar-refractivity contribution in [3.05, 3.63) is 32.9 Å². The van der Waals surface area contributed by atoms with E-state index < -0.39 is 0 Å². The minimum Gasteiger partial charge on any atom is -0.482 e. The van der Waals surface area contributed by atoms with Crippen molar-refractivity contribution in [2.75, 3.05) is 0 Å².